The number of ether oxygens (including phenoxy) is 1. The second-order valence-electron chi connectivity index (χ2n) is 6.39. The summed E-state index contributed by atoms with van der Waals surface area (Å²) in [5.74, 6) is -0.868. The Hall–Kier alpha value is -3.07. The maximum Gasteiger partial charge on any atom is 0.340 e. The number of esters is 1. The number of carbonyl (C=O) groups is 2. The topological polar surface area (TPSA) is 75.3 Å². The van der Waals surface area contributed by atoms with Crippen LogP contribution in [-0.2, 0) is 16.1 Å². The highest BCUT2D eigenvalue weighted by molar-refractivity contribution is 5.97. The van der Waals surface area contributed by atoms with Crippen molar-refractivity contribution in [2.75, 3.05) is 18.1 Å². The van der Waals surface area contributed by atoms with Crippen molar-refractivity contribution in [1.82, 2.24) is 4.57 Å². The fraction of sp³-hybridized carbons (Fsp3) is 0.381. The lowest BCUT2D eigenvalue weighted by Crippen LogP contribution is -2.35. The van der Waals surface area contributed by atoms with E-state index in [-0.39, 0.29) is 25.5 Å². The first-order chi connectivity index (χ1) is 12.9. The van der Waals surface area contributed by atoms with E-state index in [1.54, 1.807) is 6.07 Å². The second-order valence-corrected chi connectivity index (χ2v) is 6.39. The lowest BCUT2D eigenvalue weighted by atomic mass is 10.2. The Morgan fingerprint density at radius 1 is 1.19 bits per heavy atom. The maximum absolute atomic E-state index is 12.6. The van der Waals surface area contributed by atoms with Crippen LogP contribution in [0.25, 0.3) is 0 Å². The minimum Gasteiger partial charge on any atom is -0.452 e. The molecule has 1 heterocycles. The third kappa shape index (κ3) is 4.76. The largest absolute Gasteiger partial charge is 0.452 e. The fourth-order valence-electron chi connectivity index (χ4n) is 3.06. The molecule has 142 valence electrons. The van der Waals surface area contributed by atoms with Gasteiger partial charge in [0.15, 0.2) is 6.61 Å². The summed E-state index contributed by atoms with van der Waals surface area (Å²) in [7, 11) is 0. The fourth-order valence-corrected chi connectivity index (χ4v) is 3.06. The Balaban J connectivity index is 2.10. The van der Waals surface area contributed by atoms with E-state index in [2.05, 4.69) is 0 Å². The average Bonchev–Trinajstić information content (AvgIpc) is 2.95. The molecule has 2 aromatic rings. The number of hydrogen-bond donors (Lipinski definition) is 0. The van der Waals surface area contributed by atoms with E-state index in [4.69, 9.17) is 10.00 Å². The molecular formula is C21H25N3O3. The van der Waals surface area contributed by atoms with Gasteiger partial charge >= 0.3 is 5.97 Å². The molecule has 0 saturated carbocycles. The predicted octanol–water partition coefficient (Wildman–Crippen LogP) is 3.54. The van der Waals surface area contributed by atoms with E-state index in [0.29, 0.717) is 11.3 Å². The molecule has 0 atom stereocenters. The number of nitriles is 1. The van der Waals surface area contributed by atoms with Gasteiger partial charge in [-0.25, -0.2) is 4.79 Å². The maximum atomic E-state index is 12.6. The Morgan fingerprint density at radius 2 is 1.85 bits per heavy atom. The van der Waals surface area contributed by atoms with Crippen molar-refractivity contribution in [2.24, 2.45) is 0 Å². The minimum absolute atomic E-state index is 0.200. The van der Waals surface area contributed by atoms with Crippen LogP contribution in [0.15, 0.2) is 30.3 Å². The van der Waals surface area contributed by atoms with Gasteiger partial charge in [0.05, 0.1) is 18.1 Å². The molecule has 0 aliphatic rings. The molecule has 2 rings (SSSR count). The summed E-state index contributed by atoms with van der Waals surface area (Å²) in [6, 6.07) is 11.3. The van der Waals surface area contributed by atoms with Crippen LogP contribution in [-0.4, -0.2) is 29.6 Å². The molecule has 0 spiro atoms. The Bertz CT molecular complexity index is 860. The lowest BCUT2D eigenvalue weighted by molar-refractivity contribution is -0.121. The zero-order chi connectivity index (χ0) is 20.0. The number of nitrogens with zero attached hydrogens (tertiary/aromatic N) is 3. The molecule has 1 amide bonds. The highest BCUT2D eigenvalue weighted by Crippen LogP contribution is 2.18. The Kier molecular flexibility index (Phi) is 6.78. The van der Waals surface area contributed by atoms with Crippen molar-refractivity contribution in [3.63, 3.8) is 0 Å². The van der Waals surface area contributed by atoms with Gasteiger partial charge in [-0.1, -0.05) is 17.7 Å². The molecule has 0 aliphatic carbocycles. The van der Waals surface area contributed by atoms with Crippen molar-refractivity contribution in [1.29, 1.82) is 5.26 Å². The predicted molar refractivity (Wildman–Crippen MR) is 104 cm³/mol. The van der Waals surface area contributed by atoms with Crippen molar-refractivity contribution in [3.8, 4) is 6.07 Å². The Morgan fingerprint density at radius 3 is 2.41 bits per heavy atom. The number of rotatable bonds is 7. The number of aryl methyl sites for hydroxylation is 2. The van der Waals surface area contributed by atoms with Gasteiger partial charge < -0.3 is 14.2 Å². The van der Waals surface area contributed by atoms with Crippen LogP contribution in [0.5, 0.6) is 0 Å². The molecule has 0 fully saturated rings. The van der Waals surface area contributed by atoms with Crippen molar-refractivity contribution in [2.45, 2.75) is 40.7 Å². The number of aromatic nitrogens is 1. The molecule has 6 nitrogen and oxygen atoms in total. The molecule has 1 aromatic heterocycles. The highest BCUT2D eigenvalue weighted by Gasteiger charge is 2.20. The number of amides is 1. The SMILES string of the molecule is CCn1c(C)cc(C(=O)OCC(=O)N(CCC#N)c2ccc(C)cc2)c1C. The summed E-state index contributed by atoms with van der Waals surface area (Å²) < 4.78 is 7.28. The van der Waals surface area contributed by atoms with Crippen molar-refractivity contribution >= 4 is 17.6 Å². The molecule has 0 aliphatic heterocycles. The molecule has 0 saturated heterocycles. The van der Waals surface area contributed by atoms with E-state index in [0.717, 1.165) is 23.5 Å². The Labute approximate surface area is 160 Å². The van der Waals surface area contributed by atoms with Gasteiger partial charge in [-0.05, 0) is 45.9 Å². The number of benzene rings is 1. The van der Waals surface area contributed by atoms with E-state index in [9.17, 15) is 9.59 Å². The standard InChI is InChI=1S/C21H25N3O3/c1-5-23-16(3)13-19(17(23)4)21(26)27-14-20(25)24(12-6-11-22)18-9-7-15(2)8-10-18/h7-10,13H,5-6,12,14H2,1-4H3. The quantitative estimate of drug-likeness (QED) is 0.702. The molecule has 1 aromatic carbocycles. The van der Waals surface area contributed by atoms with Gasteiger partial charge in [-0.2, -0.15) is 5.26 Å². The first-order valence-electron chi connectivity index (χ1n) is 8.96. The van der Waals surface area contributed by atoms with Gasteiger partial charge in [-0.3, -0.25) is 4.79 Å². The van der Waals surface area contributed by atoms with Gasteiger partial charge in [0.1, 0.15) is 0 Å². The summed E-state index contributed by atoms with van der Waals surface area (Å²) in [4.78, 5) is 26.5. The summed E-state index contributed by atoms with van der Waals surface area (Å²) in [6.45, 7) is 8.40. The number of carbonyl (C=O) groups excluding carboxylic acids is 2. The molecular weight excluding hydrogens is 342 g/mol. The summed E-state index contributed by atoms with van der Waals surface area (Å²) in [5, 5.41) is 8.86. The molecule has 0 radical (unpaired) electrons. The average molecular weight is 367 g/mol. The third-order valence-electron chi connectivity index (χ3n) is 4.53. The van der Waals surface area contributed by atoms with E-state index >= 15 is 0 Å². The number of hydrogen-bond acceptors (Lipinski definition) is 4. The number of anilines is 1. The molecule has 27 heavy (non-hydrogen) atoms. The molecule has 6 heteroatoms. The van der Waals surface area contributed by atoms with Crippen molar-refractivity contribution < 1.29 is 14.3 Å². The first kappa shape index (κ1) is 20.2. The van der Waals surface area contributed by atoms with E-state index in [1.165, 1.54) is 4.90 Å². The highest BCUT2D eigenvalue weighted by atomic mass is 16.5. The molecule has 0 unspecified atom stereocenters. The van der Waals surface area contributed by atoms with E-state index < -0.39 is 5.97 Å². The zero-order valence-electron chi connectivity index (χ0n) is 16.3. The zero-order valence-corrected chi connectivity index (χ0v) is 16.3. The van der Waals surface area contributed by atoms with Gasteiger partial charge in [0, 0.05) is 30.2 Å². The lowest BCUT2D eigenvalue weighted by Gasteiger charge is -2.21. The van der Waals surface area contributed by atoms with Crippen LogP contribution < -0.4 is 4.90 Å². The van der Waals surface area contributed by atoms with E-state index in [1.807, 2.05) is 62.6 Å². The third-order valence-corrected chi connectivity index (χ3v) is 4.53. The van der Waals surface area contributed by atoms with Crippen LogP contribution in [0.4, 0.5) is 5.69 Å². The van der Waals surface area contributed by atoms with Crippen LogP contribution >= 0.6 is 0 Å². The second kappa shape index (κ2) is 9.04. The first-order valence-corrected chi connectivity index (χ1v) is 8.96. The van der Waals surface area contributed by atoms with Crippen molar-refractivity contribution in [3.05, 3.63) is 52.8 Å². The summed E-state index contributed by atoms with van der Waals surface area (Å²) in [5.41, 5.74) is 4.03. The van der Waals surface area contributed by atoms with Gasteiger partial charge in [0.2, 0.25) is 0 Å². The minimum atomic E-state index is -0.514. The molecule has 0 N–H and O–H groups in total. The van der Waals surface area contributed by atoms with Crippen LogP contribution in [0.2, 0.25) is 0 Å². The summed E-state index contributed by atoms with van der Waals surface area (Å²) in [6.07, 6.45) is 0.200. The smallest absolute Gasteiger partial charge is 0.340 e. The van der Waals surface area contributed by atoms with Crippen LogP contribution in [0, 0.1) is 32.1 Å². The summed E-state index contributed by atoms with van der Waals surface area (Å²) >= 11 is 0. The van der Waals surface area contributed by atoms with Gasteiger partial charge in [0.25, 0.3) is 5.91 Å². The van der Waals surface area contributed by atoms with Crippen LogP contribution in [0.1, 0.15) is 40.7 Å². The normalized spacial score (nSPS) is 10.3. The molecule has 0 bridgehead atoms. The monoisotopic (exact) mass is 367 g/mol. The van der Waals surface area contributed by atoms with Crippen LogP contribution in [0.3, 0.4) is 0 Å². The van der Waals surface area contributed by atoms with Gasteiger partial charge in [-0.15, -0.1) is 0 Å².